The summed E-state index contributed by atoms with van der Waals surface area (Å²) in [5.41, 5.74) is 0. The van der Waals surface area contributed by atoms with Crippen LogP contribution in [-0.4, -0.2) is 50.8 Å². The number of hydrogen-bond acceptors (Lipinski definition) is 4. The normalized spacial score (nSPS) is 9.94. The Labute approximate surface area is 98.0 Å². The number of amides is 2. The van der Waals surface area contributed by atoms with E-state index < -0.39 is 5.97 Å². The highest BCUT2D eigenvalue weighted by atomic mass is 16.4. The molecule has 0 fully saturated rings. The minimum atomic E-state index is -0.866. The molecular formula is C9H15N5O3. The van der Waals surface area contributed by atoms with Gasteiger partial charge in [0.25, 0.3) is 0 Å². The molecule has 8 heteroatoms. The van der Waals surface area contributed by atoms with E-state index >= 15 is 0 Å². The zero-order chi connectivity index (χ0) is 12.7. The molecular weight excluding hydrogens is 226 g/mol. The zero-order valence-electron chi connectivity index (χ0n) is 9.51. The molecule has 1 aromatic heterocycles. The summed E-state index contributed by atoms with van der Waals surface area (Å²) in [4.78, 5) is 27.1. The van der Waals surface area contributed by atoms with E-state index in [0.29, 0.717) is 25.3 Å². The lowest BCUT2D eigenvalue weighted by Crippen LogP contribution is -2.37. The van der Waals surface area contributed by atoms with Crippen LogP contribution in [0.15, 0.2) is 6.33 Å². The maximum atomic E-state index is 11.5. The van der Waals surface area contributed by atoms with Crippen LogP contribution < -0.4 is 5.32 Å². The SMILES string of the molecule is CN(Cc1ncn[nH]1)C(=O)NCCCC(=O)O. The van der Waals surface area contributed by atoms with E-state index in [9.17, 15) is 9.59 Å². The van der Waals surface area contributed by atoms with Crippen molar-refractivity contribution in [1.29, 1.82) is 0 Å². The molecule has 0 bridgehead atoms. The first-order valence-electron chi connectivity index (χ1n) is 5.14. The van der Waals surface area contributed by atoms with Crippen LogP contribution in [-0.2, 0) is 11.3 Å². The van der Waals surface area contributed by atoms with Crippen molar-refractivity contribution >= 4 is 12.0 Å². The molecule has 0 saturated heterocycles. The fourth-order valence-corrected chi connectivity index (χ4v) is 1.17. The van der Waals surface area contributed by atoms with Gasteiger partial charge in [-0.15, -0.1) is 0 Å². The highest BCUT2D eigenvalue weighted by Crippen LogP contribution is 1.95. The van der Waals surface area contributed by atoms with E-state index in [-0.39, 0.29) is 12.5 Å². The number of aromatic nitrogens is 3. The van der Waals surface area contributed by atoms with E-state index in [2.05, 4.69) is 20.5 Å². The number of H-pyrrole nitrogens is 1. The zero-order valence-corrected chi connectivity index (χ0v) is 9.51. The molecule has 17 heavy (non-hydrogen) atoms. The molecule has 0 spiro atoms. The fraction of sp³-hybridized carbons (Fsp3) is 0.556. The standard InChI is InChI=1S/C9H15N5O3/c1-14(5-7-11-6-12-13-7)9(17)10-4-2-3-8(15)16/h6H,2-5H2,1H3,(H,10,17)(H,15,16)(H,11,12,13). The lowest BCUT2D eigenvalue weighted by atomic mass is 10.3. The number of rotatable bonds is 6. The Balaban J connectivity index is 2.20. The molecule has 0 aliphatic carbocycles. The molecule has 8 nitrogen and oxygen atoms in total. The largest absolute Gasteiger partial charge is 0.481 e. The van der Waals surface area contributed by atoms with Crippen LogP contribution in [0.1, 0.15) is 18.7 Å². The van der Waals surface area contributed by atoms with Crippen molar-refractivity contribution in [3.05, 3.63) is 12.2 Å². The number of carboxylic acids is 1. The molecule has 94 valence electrons. The van der Waals surface area contributed by atoms with Crippen molar-refractivity contribution < 1.29 is 14.7 Å². The van der Waals surface area contributed by atoms with Gasteiger partial charge < -0.3 is 15.3 Å². The summed E-state index contributed by atoms with van der Waals surface area (Å²) < 4.78 is 0. The second-order valence-electron chi connectivity index (χ2n) is 3.52. The molecule has 0 unspecified atom stereocenters. The number of carbonyl (C=O) groups excluding carboxylic acids is 1. The van der Waals surface area contributed by atoms with Gasteiger partial charge in [0.15, 0.2) is 0 Å². The quantitative estimate of drug-likeness (QED) is 0.598. The Morgan fingerprint density at radius 1 is 1.59 bits per heavy atom. The molecule has 0 aromatic carbocycles. The molecule has 2 amide bonds. The van der Waals surface area contributed by atoms with Crippen LogP contribution in [0.2, 0.25) is 0 Å². The van der Waals surface area contributed by atoms with Gasteiger partial charge in [-0.1, -0.05) is 0 Å². The van der Waals surface area contributed by atoms with Crippen molar-refractivity contribution in [2.75, 3.05) is 13.6 Å². The van der Waals surface area contributed by atoms with Crippen molar-refractivity contribution in [2.24, 2.45) is 0 Å². The van der Waals surface area contributed by atoms with Crippen LogP contribution in [0.25, 0.3) is 0 Å². The first kappa shape index (κ1) is 12.9. The van der Waals surface area contributed by atoms with Gasteiger partial charge in [0.1, 0.15) is 12.2 Å². The van der Waals surface area contributed by atoms with Gasteiger partial charge in [0, 0.05) is 20.0 Å². The summed E-state index contributed by atoms with van der Waals surface area (Å²) >= 11 is 0. The van der Waals surface area contributed by atoms with E-state index in [4.69, 9.17) is 5.11 Å². The van der Waals surface area contributed by atoms with Gasteiger partial charge in [-0.25, -0.2) is 9.78 Å². The summed E-state index contributed by atoms with van der Waals surface area (Å²) in [6, 6.07) is -0.271. The number of aliphatic carboxylic acids is 1. The average Bonchev–Trinajstić information content (AvgIpc) is 2.76. The number of carboxylic acid groups (broad SMARTS) is 1. The fourth-order valence-electron chi connectivity index (χ4n) is 1.17. The van der Waals surface area contributed by atoms with E-state index in [1.54, 1.807) is 7.05 Å². The number of aromatic amines is 1. The predicted molar refractivity (Wildman–Crippen MR) is 58.1 cm³/mol. The van der Waals surface area contributed by atoms with Crippen LogP contribution in [0.4, 0.5) is 4.79 Å². The number of hydrogen-bond donors (Lipinski definition) is 3. The molecule has 0 radical (unpaired) electrons. The first-order valence-corrected chi connectivity index (χ1v) is 5.14. The van der Waals surface area contributed by atoms with E-state index in [0.717, 1.165) is 0 Å². The number of nitrogens with one attached hydrogen (secondary N) is 2. The minimum Gasteiger partial charge on any atom is -0.481 e. The molecule has 0 saturated carbocycles. The molecule has 1 rings (SSSR count). The molecule has 1 aromatic rings. The Bertz CT molecular complexity index is 365. The molecule has 0 atom stereocenters. The summed E-state index contributed by atoms with van der Waals surface area (Å²) in [5.74, 6) is -0.276. The maximum Gasteiger partial charge on any atom is 0.317 e. The molecule has 0 aliphatic rings. The number of urea groups is 1. The van der Waals surface area contributed by atoms with Gasteiger partial charge in [-0.05, 0) is 6.42 Å². The van der Waals surface area contributed by atoms with Crippen LogP contribution in [0.5, 0.6) is 0 Å². The molecule has 0 aliphatic heterocycles. The predicted octanol–water partition coefficient (Wildman–Crippen LogP) is -0.189. The third-order valence-corrected chi connectivity index (χ3v) is 2.04. The van der Waals surface area contributed by atoms with Crippen LogP contribution in [0.3, 0.4) is 0 Å². The Kier molecular flexibility index (Phi) is 4.92. The van der Waals surface area contributed by atoms with Crippen molar-refractivity contribution in [3.8, 4) is 0 Å². The highest BCUT2D eigenvalue weighted by molar-refractivity contribution is 5.73. The first-order chi connectivity index (χ1) is 8.09. The van der Waals surface area contributed by atoms with Crippen LogP contribution in [0, 0.1) is 0 Å². The second-order valence-corrected chi connectivity index (χ2v) is 3.52. The van der Waals surface area contributed by atoms with Crippen molar-refractivity contribution in [1.82, 2.24) is 25.4 Å². The minimum absolute atomic E-state index is 0.0477. The van der Waals surface area contributed by atoms with E-state index in [1.165, 1.54) is 11.2 Å². The number of carbonyl (C=O) groups is 2. The van der Waals surface area contributed by atoms with Gasteiger partial charge in [-0.2, -0.15) is 5.10 Å². The lowest BCUT2D eigenvalue weighted by molar-refractivity contribution is -0.137. The van der Waals surface area contributed by atoms with Crippen molar-refractivity contribution in [2.45, 2.75) is 19.4 Å². The lowest BCUT2D eigenvalue weighted by Gasteiger charge is -2.16. The maximum absolute atomic E-state index is 11.5. The number of nitrogens with zero attached hydrogens (tertiary/aromatic N) is 3. The van der Waals surface area contributed by atoms with E-state index in [1.807, 2.05) is 0 Å². The van der Waals surface area contributed by atoms with Gasteiger partial charge >= 0.3 is 12.0 Å². The molecule has 1 heterocycles. The Morgan fingerprint density at radius 3 is 2.94 bits per heavy atom. The van der Waals surface area contributed by atoms with Gasteiger partial charge in [0.2, 0.25) is 0 Å². The third kappa shape index (κ3) is 4.96. The topological polar surface area (TPSA) is 111 Å². The average molecular weight is 241 g/mol. The van der Waals surface area contributed by atoms with Crippen LogP contribution >= 0.6 is 0 Å². The third-order valence-electron chi connectivity index (χ3n) is 2.04. The van der Waals surface area contributed by atoms with Gasteiger partial charge in [-0.3, -0.25) is 9.89 Å². The highest BCUT2D eigenvalue weighted by Gasteiger charge is 2.09. The monoisotopic (exact) mass is 241 g/mol. The molecule has 3 N–H and O–H groups in total. The summed E-state index contributed by atoms with van der Waals surface area (Å²) in [7, 11) is 1.62. The Hall–Kier alpha value is -2.12. The smallest absolute Gasteiger partial charge is 0.317 e. The second kappa shape index (κ2) is 6.46. The Morgan fingerprint density at radius 2 is 2.35 bits per heavy atom. The summed E-state index contributed by atoms with van der Waals surface area (Å²) in [6.45, 7) is 0.663. The van der Waals surface area contributed by atoms with Gasteiger partial charge in [0.05, 0.1) is 6.54 Å². The van der Waals surface area contributed by atoms with Crippen molar-refractivity contribution in [3.63, 3.8) is 0 Å². The summed E-state index contributed by atoms with van der Waals surface area (Å²) in [6.07, 6.45) is 1.83. The summed E-state index contributed by atoms with van der Waals surface area (Å²) in [5, 5.41) is 17.3.